The second kappa shape index (κ2) is 8.95. The summed E-state index contributed by atoms with van der Waals surface area (Å²) < 4.78 is 9.11. The maximum Gasteiger partial charge on any atom is 0.330 e. The summed E-state index contributed by atoms with van der Waals surface area (Å²) in [6, 6.07) is 0. The first-order chi connectivity index (χ1) is 7.63. The Morgan fingerprint density at radius 1 is 1.12 bits per heavy atom. The quantitative estimate of drug-likeness (QED) is 0.381. The molecule has 4 heteroatoms. The molecule has 0 amide bonds. The molecule has 0 aromatic heterocycles. The highest BCUT2D eigenvalue weighted by Crippen LogP contribution is 2.13. The molecule has 0 aliphatic heterocycles. The highest BCUT2D eigenvalue weighted by molar-refractivity contribution is 5.84. The Kier molecular flexibility index (Phi) is 8.21. The molecule has 16 heavy (non-hydrogen) atoms. The van der Waals surface area contributed by atoms with Crippen molar-refractivity contribution >= 4 is 11.9 Å². The summed E-state index contributed by atoms with van der Waals surface area (Å²) >= 11 is 0. The van der Waals surface area contributed by atoms with E-state index in [1.165, 1.54) is 20.3 Å². The molecule has 0 aromatic carbocycles. The fourth-order valence-corrected chi connectivity index (χ4v) is 1.30. The van der Waals surface area contributed by atoms with Crippen molar-refractivity contribution in [3.05, 3.63) is 11.6 Å². The Bertz CT molecular complexity index is 256. The van der Waals surface area contributed by atoms with Crippen molar-refractivity contribution in [3.8, 4) is 0 Å². The lowest BCUT2D eigenvalue weighted by molar-refractivity contribution is -0.139. The van der Waals surface area contributed by atoms with E-state index in [-0.39, 0.29) is 12.4 Å². The van der Waals surface area contributed by atoms with Gasteiger partial charge >= 0.3 is 11.9 Å². The van der Waals surface area contributed by atoms with Gasteiger partial charge in [-0.1, -0.05) is 25.3 Å². The van der Waals surface area contributed by atoms with Gasteiger partial charge in [0.25, 0.3) is 0 Å². The maximum absolute atomic E-state index is 11.1. The Labute approximate surface area is 96.6 Å². The fourth-order valence-electron chi connectivity index (χ4n) is 1.30. The molecule has 0 N–H and O–H groups in total. The highest BCUT2D eigenvalue weighted by Gasteiger charge is 2.08. The lowest BCUT2D eigenvalue weighted by Gasteiger charge is -2.05. The zero-order valence-electron chi connectivity index (χ0n) is 10.2. The fraction of sp³-hybridized carbons (Fsp3) is 0.667. The monoisotopic (exact) mass is 228 g/mol. The van der Waals surface area contributed by atoms with Crippen molar-refractivity contribution in [2.75, 3.05) is 14.2 Å². The average molecular weight is 228 g/mol. The standard InChI is InChI=1S/C12H20O4/c1-4-5-6-7-10(8-11(13)15-2)9-12(14)16-3/h8H,4-7,9H2,1-3H3/b10-8-. The van der Waals surface area contributed by atoms with Crippen LogP contribution in [0.4, 0.5) is 0 Å². The van der Waals surface area contributed by atoms with Crippen LogP contribution in [0.3, 0.4) is 0 Å². The van der Waals surface area contributed by atoms with Crippen molar-refractivity contribution in [2.45, 2.75) is 39.0 Å². The van der Waals surface area contributed by atoms with Crippen LogP contribution in [0.15, 0.2) is 11.6 Å². The van der Waals surface area contributed by atoms with Crippen LogP contribution in [0.1, 0.15) is 39.0 Å². The van der Waals surface area contributed by atoms with Crippen LogP contribution in [0.2, 0.25) is 0 Å². The minimum absolute atomic E-state index is 0.162. The van der Waals surface area contributed by atoms with E-state index in [1.54, 1.807) is 0 Å². The van der Waals surface area contributed by atoms with Gasteiger partial charge in [-0.25, -0.2) is 4.79 Å². The molecule has 92 valence electrons. The third kappa shape index (κ3) is 7.04. The molecule has 0 radical (unpaired) electrons. The van der Waals surface area contributed by atoms with Gasteiger partial charge in [0.2, 0.25) is 0 Å². The number of rotatable bonds is 7. The van der Waals surface area contributed by atoms with Gasteiger partial charge < -0.3 is 9.47 Å². The number of esters is 2. The molecule has 0 fully saturated rings. The molecule has 0 aliphatic carbocycles. The van der Waals surface area contributed by atoms with Crippen LogP contribution in [-0.4, -0.2) is 26.2 Å². The largest absolute Gasteiger partial charge is 0.469 e. The van der Waals surface area contributed by atoms with E-state index < -0.39 is 5.97 Å². The van der Waals surface area contributed by atoms with Gasteiger partial charge in [0.05, 0.1) is 20.6 Å². The van der Waals surface area contributed by atoms with Gasteiger partial charge in [-0.2, -0.15) is 0 Å². The topological polar surface area (TPSA) is 52.6 Å². The summed E-state index contributed by atoms with van der Waals surface area (Å²) in [6.07, 6.45) is 5.43. The van der Waals surface area contributed by atoms with E-state index in [0.29, 0.717) is 0 Å². The van der Waals surface area contributed by atoms with E-state index in [4.69, 9.17) is 0 Å². The summed E-state index contributed by atoms with van der Waals surface area (Å²) in [5, 5.41) is 0. The third-order valence-electron chi connectivity index (χ3n) is 2.22. The summed E-state index contributed by atoms with van der Waals surface area (Å²) in [4.78, 5) is 22.2. The lowest BCUT2D eigenvalue weighted by Crippen LogP contribution is -2.05. The first-order valence-electron chi connectivity index (χ1n) is 5.48. The third-order valence-corrected chi connectivity index (χ3v) is 2.22. The van der Waals surface area contributed by atoms with Gasteiger partial charge in [-0.15, -0.1) is 0 Å². The SMILES string of the molecule is CCCCC/C(=C/C(=O)OC)CC(=O)OC. The number of unbranched alkanes of at least 4 members (excludes halogenated alkanes) is 2. The number of carbonyl (C=O) groups excluding carboxylic acids is 2. The van der Waals surface area contributed by atoms with Crippen LogP contribution in [0, 0.1) is 0 Å². The Morgan fingerprint density at radius 2 is 1.81 bits per heavy atom. The molecular weight excluding hydrogens is 208 g/mol. The van der Waals surface area contributed by atoms with Crippen molar-refractivity contribution in [1.82, 2.24) is 0 Å². The Balaban J connectivity index is 4.32. The molecule has 0 heterocycles. The summed E-state index contributed by atoms with van der Waals surface area (Å²) in [6.45, 7) is 2.10. The molecule has 0 rings (SSSR count). The van der Waals surface area contributed by atoms with Gasteiger partial charge in [0.15, 0.2) is 0 Å². The molecule has 0 aromatic rings. The molecule has 0 bridgehead atoms. The summed E-state index contributed by atoms with van der Waals surface area (Å²) in [7, 11) is 2.66. The number of hydrogen-bond acceptors (Lipinski definition) is 4. The van der Waals surface area contributed by atoms with E-state index >= 15 is 0 Å². The first-order valence-corrected chi connectivity index (χ1v) is 5.48. The predicted octanol–water partition coefficient (Wildman–Crippen LogP) is 2.23. The van der Waals surface area contributed by atoms with Gasteiger partial charge in [-0.05, 0) is 12.8 Å². The molecule has 0 saturated carbocycles. The zero-order chi connectivity index (χ0) is 12.4. The minimum Gasteiger partial charge on any atom is -0.469 e. The van der Waals surface area contributed by atoms with E-state index in [0.717, 1.165) is 31.3 Å². The number of methoxy groups -OCH3 is 2. The van der Waals surface area contributed by atoms with Crippen LogP contribution in [0.5, 0.6) is 0 Å². The summed E-state index contributed by atoms with van der Waals surface area (Å²) in [5.41, 5.74) is 0.771. The van der Waals surface area contributed by atoms with Crippen molar-refractivity contribution in [1.29, 1.82) is 0 Å². The number of ether oxygens (including phenoxy) is 2. The predicted molar refractivity (Wildman–Crippen MR) is 60.9 cm³/mol. The summed E-state index contributed by atoms with van der Waals surface area (Å²) in [5.74, 6) is -0.748. The maximum atomic E-state index is 11.1. The minimum atomic E-state index is -0.421. The Hall–Kier alpha value is -1.32. The second-order valence-electron chi connectivity index (χ2n) is 3.54. The first kappa shape index (κ1) is 14.7. The molecule has 0 spiro atoms. The molecule has 0 unspecified atom stereocenters. The van der Waals surface area contributed by atoms with Crippen LogP contribution >= 0.6 is 0 Å². The van der Waals surface area contributed by atoms with Crippen molar-refractivity contribution in [2.24, 2.45) is 0 Å². The van der Waals surface area contributed by atoms with Crippen molar-refractivity contribution in [3.63, 3.8) is 0 Å². The molecule has 0 aliphatic rings. The number of carbonyl (C=O) groups is 2. The molecule has 0 atom stereocenters. The van der Waals surface area contributed by atoms with Crippen LogP contribution in [-0.2, 0) is 19.1 Å². The van der Waals surface area contributed by atoms with Crippen LogP contribution in [0.25, 0.3) is 0 Å². The molecule has 4 nitrogen and oxygen atoms in total. The second-order valence-corrected chi connectivity index (χ2v) is 3.54. The number of hydrogen-bond donors (Lipinski definition) is 0. The lowest BCUT2D eigenvalue weighted by atomic mass is 10.0. The smallest absolute Gasteiger partial charge is 0.330 e. The molecule has 0 saturated heterocycles. The highest BCUT2D eigenvalue weighted by atomic mass is 16.5. The van der Waals surface area contributed by atoms with Gasteiger partial charge in [0, 0.05) is 6.08 Å². The van der Waals surface area contributed by atoms with E-state index in [9.17, 15) is 9.59 Å². The average Bonchev–Trinajstić information content (AvgIpc) is 2.28. The van der Waals surface area contributed by atoms with Gasteiger partial charge in [-0.3, -0.25) is 4.79 Å². The Morgan fingerprint density at radius 3 is 2.31 bits per heavy atom. The molecular formula is C12H20O4. The van der Waals surface area contributed by atoms with E-state index in [1.807, 2.05) is 0 Å². The normalized spacial score (nSPS) is 11.1. The zero-order valence-corrected chi connectivity index (χ0v) is 10.2. The van der Waals surface area contributed by atoms with E-state index in [2.05, 4.69) is 16.4 Å². The van der Waals surface area contributed by atoms with Crippen molar-refractivity contribution < 1.29 is 19.1 Å². The van der Waals surface area contributed by atoms with Gasteiger partial charge in [0.1, 0.15) is 0 Å². The van der Waals surface area contributed by atoms with Crippen LogP contribution < -0.4 is 0 Å².